The number of hydrogen-bond donors (Lipinski definition) is 1. The van der Waals surface area contributed by atoms with Crippen LogP contribution in [-0.2, 0) is 24.3 Å². The van der Waals surface area contributed by atoms with E-state index in [2.05, 4.69) is 5.32 Å². The van der Waals surface area contributed by atoms with Crippen LogP contribution in [0, 0.1) is 0 Å². The zero-order valence-electron chi connectivity index (χ0n) is 16.8. The standard InChI is InChI=1S/C20H27N3O5S2/c24-19(21-13-15-4-3-10-28-15)14-23-17-12-16(30(26,27)22-8-1-2-9-22)5-6-18(17)29-11-7-20(23)25/h5-6,12,15H,1-4,7-11,13-14H2,(H,21,24)/t15-/m1/s1. The molecule has 2 fully saturated rings. The number of carbonyl (C=O) groups excluding carboxylic acids is 2. The Morgan fingerprint density at radius 1 is 1.23 bits per heavy atom. The number of rotatable bonds is 6. The lowest BCUT2D eigenvalue weighted by Crippen LogP contribution is -2.42. The molecular weight excluding hydrogens is 426 g/mol. The molecule has 0 radical (unpaired) electrons. The van der Waals surface area contributed by atoms with Crippen molar-refractivity contribution in [1.82, 2.24) is 9.62 Å². The molecule has 0 spiro atoms. The maximum absolute atomic E-state index is 13.0. The van der Waals surface area contributed by atoms with Crippen molar-refractivity contribution in [2.75, 3.05) is 43.4 Å². The summed E-state index contributed by atoms with van der Waals surface area (Å²) in [5, 5.41) is 2.84. The minimum absolute atomic E-state index is 0.0221. The summed E-state index contributed by atoms with van der Waals surface area (Å²) in [6.45, 7) is 2.03. The molecule has 3 heterocycles. The van der Waals surface area contributed by atoms with E-state index >= 15 is 0 Å². The van der Waals surface area contributed by atoms with Crippen LogP contribution in [0.15, 0.2) is 28.0 Å². The molecule has 2 amide bonds. The lowest BCUT2D eigenvalue weighted by Gasteiger charge is -2.24. The van der Waals surface area contributed by atoms with Gasteiger partial charge in [-0.25, -0.2) is 8.42 Å². The van der Waals surface area contributed by atoms with E-state index in [-0.39, 0.29) is 29.4 Å². The van der Waals surface area contributed by atoms with Crippen LogP contribution >= 0.6 is 11.8 Å². The van der Waals surface area contributed by atoms with Crippen molar-refractivity contribution in [3.8, 4) is 0 Å². The monoisotopic (exact) mass is 453 g/mol. The SMILES string of the molecule is O=C(CN1C(=O)CCSc2ccc(S(=O)(=O)N3CCCC3)cc21)NC[C@H]1CCCO1. The van der Waals surface area contributed by atoms with E-state index in [4.69, 9.17) is 4.74 Å². The van der Waals surface area contributed by atoms with E-state index in [1.165, 1.54) is 21.0 Å². The zero-order valence-corrected chi connectivity index (χ0v) is 18.5. The summed E-state index contributed by atoms with van der Waals surface area (Å²) < 4.78 is 33.0. The molecule has 1 aromatic carbocycles. The summed E-state index contributed by atoms with van der Waals surface area (Å²) in [7, 11) is -3.61. The van der Waals surface area contributed by atoms with E-state index in [1.807, 2.05) is 0 Å². The van der Waals surface area contributed by atoms with Crippen molar-refractivity contribution in [1.29, 1.82) is 0 Å². The topological polar surface area (TPSA) is 96.0 Å². The number of fused-ring (bicyclic) bond motifs is 1. The van der Waals surface area contributed by atoms with Gasteiger partial charge in [0.15, 0.2) is 0 Å². The molecule has 0 bridgehead atoms. The molecule has 0 saturated carbocycles. The Morgan fingerprint density at radius 2 is 2.03 bits per heavy atom. The first kappa shape index (κ1) is 21.6. The summed E-state index contributed by atoms with van der Waals surface area (Å²) in [6.07, 6.45) is 3.94. The molecule has 1 aromatic rings. The number of carbonyl (C=O) groups is 2. The van der Waals surface area contributed by atoms with E-state index in [0.29, 0.717) is 44.1 Å². The number of hydrogen-bond acceptors (Lipinski definition) is 6. The molecule has 1 N–H and O–H groups in total. The number of anilines is 1. The molecule has 0 aliphatic carbocycles. The number of ether oxygens (including phenoxy) is 1. The van der Waals surface area contributed by atoms with Crippen LogP contribution < -0.4 is 10.2 Å². The maximum Gasteiger partial charge on any atom is 0.243 e. The first-order valence-electron chi connectivity index (χ1n) is 10.4. The van der Waals surface area contributed by atoms with Crippen LogP contribution in [0.2, 0.25) is 0 Å². The van der Waals surface area contributed by atoms with E-state index in [9.17, 15) is 18.0 Å². The average Bonchev–Trinajstić information content (AvgIpc) is 3.42. The Kier molecular flexibility index (Phi) is 6.66. The summed E-state index contributed by atoms with van der Waals surface area (Å²) in [6, 6.07) is 4.90. The number of amides is 2. The quantitative estimate of drug-likeness (QED) is 0.703. The second-order valence-electron chi connectivity index (χ2n) is 7.76. The van der Waals surface area contributed by atoms with E-state index in [0.717, 1.165) is 30.6 Å². The molecule has 8 nitrogen and oxygen atoms in total. The molecule has 3 aliphatic rings. The van der Waals surface area contributed by atoms with Gasteiger partial charge in [0.05, 0.1) is 16.7 Å². The van der Waals surface area contributed by atoms with Gasteiger partial charge in [0, 0.05) is 43.3 Å². The van der Waals surface area contributed by atoms with Gasteiger partial charge in [0.2, 0.25) is 21.8 Å². The predicted molar refractivity (Wildman–Crippen MR) is 114 cm³/mol. The minimum Gasteiger partial charge on any atom is -0.376 e. The number of nitrogens with zero attached hydrogens (tertiary/aromatic N) is 2. The van der Waals surface area contributed by atoms with Crippen LogP contribution in [0.3, 0.4) is 0 Å². The third-order valence-electron chi connectivity index (χ3n) is 5.65. The van der Waals surface area contributed by atoms with Gasteiger partial charge in [-0.3, -0.25) is 9.59 Å². The zero-order chi connectivity index (χ0) is 21.1. The molecular formula is C20H27N3O5S2. The smallest absolute Gasteiger partial charge is 0.243 e. The lowest BCUT2D eigenvalue weighted by molar-refractivity contribution is -0.124. The molecule has 1 atom stereocenters. The molecule has 3 aliphatic heterocycles. The fourth-order valence-electron chi connectivity index (χ4n) is 3.99. The lowest BCUT2D eigenvalue weighted by atomic mass is 10.2. The highest BCUT2D eigenvalue weighted by atomic mass is 32.2. The molecule has 0 aromatic heterocycles. The highest BCUT2D eigenvalue weighted by Gasteiger charge is 2.31. The van der Waals surface area contributed by atoms with Crippen LogP contribution in [-0.4, -0.2) is 69.2 Å². The Morgan fingerprint density at radius 3 is 2.77 bits per heavy atom. The van der Waals surface area contributed by atoms with Gasteiger partial charge < -0.3 is 15.0 Å². The van der Waals surface area contributed by atoms with Crippen LogP contribution in [0.1, 0.15) is 32.1 Å². The van der Waals surface area contributed by atoms with Crippen LogP contribution in [0.5, 0.6) is 0 Å². The molecule has 164 valence electrons. The third-order valence-corrected chi connectivity index (χ3v) is 8.61. The summed E-state index contributed by atoms with van der Waals surface area (Å²) >= 11 is 1.51. The van der Waals surface area contributed by atoms with Gasteiger partial charge in [0.1, 0.15) is 6.54 Å². The molecule has 0 unspecified atom stereocenters. The molecule has 10 heteroatoms. The Hall–Kier alpha value is -1.62. The first-order chi connectivity index (χ1) is 14.4. The van der Waals surface area contributed by atoms with Gasteiger partial charge in [-0.2, -0.15) is 4.31 Å². The Balaban J connectivity index is 1.55. The second kappa shape index (κ2) is 9.25. The van der Waals surface area contributed by atoms with Gasteiger partial charge in [0.25, 0.3) is 0 Å². The van der Waals surface area contributed by atoms with Gasteiger partial charge in [-0.05, 0) is 43.9 Å². The highest BCUT2D eigenvalue weighted by Crippen LogP contribution is 2.37. The number of benzene rings is 1. The normalized spacial score (nSPS) is 22.7. The highest BCUT2D eigenvalue weighted by molar-refractivity contribution is 7.99. The largest absolute Gasteiger partial charge is 0.376 e. The summed E-state index contributed by atoms with van der Waals surface area (Å²) in [5.41, 5.74) is 0.495. The van der Waals surface area contributed by atoms with Gasteiger partial charge in [-0.1, -0.05) is 0 Å². The third kappa shape index (κ3) is 4.66. The van der Waals surface area contributed by atoms with Crippen molar-refractivity contribution >= 4 is 39.3 Å². The molecule has 30 heavy (non-hydrogen) atoms. The fraction of sp³-hybridized carbons (Fsp3) is 0.600. The second-order valence-corrected chi connectivity index (χ2v) is 10.8. The fourth-order valence-corrected chi connectivity index (χ4v) is 6.51. The first-order valence-corrected chi connectivity index (χ1v) is 12.8. The summed E-state index contributed by atoms with van der Waals surface area (Å²) in [5.74, 6) is 0.145. The van der Waals surface area contributed by atoms with Crippen molar-refractivity contribution in [2.24, 2.45) is 0 Å². The van der Waals surface area contributed by atoms with E-state index in [1.54, 1.807) is 18.2 Å². The van der Waals surface area contributed by atoms with Crippen molar-refractivity contribution in [3.05, 3.63) is 18.2 Å². The van der Waals surface area contributed by atoms with Crippen molar-refractivity contribution in [2.45, 2.75) is 48.0 Å². The number of nitrogens with one attached hydrogen (secondary N) is 1. The van der Waals surface area contributed by atoms with Crippen molar-refractivity contribution < 1.29 is 22.7 Å². The number of sulfonamides is 1. The predicted octanol–water partition coefficient (Wildman–Crippen LogP) is 1.60. The van der Waals surface area contributed by atoms with Gasteiger partial charge in [-0.15, -0.1) is 11.8 Å². The average molecular weight is 454 g/mol. The van der Waals surface area contributed by atoms with Crippen molar-refractivity contribution in [3.63, 3.8) is 0 Å². The minimum atomic E-state index is -3.61. The van der Waals surface area contributed by atoms with Gasteiger partial charge >= 0.3 is 0 Å². The maximum atomic E-state index is 13.0. The summed E-state index contributed by atoms with van der Waals surface area (Å²) in [4.78, 5) is 27.7. The van der Waals surface area contributed by atoms with Crippen LogP contribution in [0.4, 0.5) is 5.69 Å². The number of thioether (sulfide) groups is 1. The Bertz CT molecular complexity index is 909. The van der Waals surface area contributed by atoms with E-state index < -0.39 is 10.0 Å². The van der Waals surface area contributed by atoms with Crippen LogP contribution in [0.25, 0.3) is 0 Å². The Labute approximate surface area is 181 Å². The molecule has 4 rings (SSSR count). The molecule has 2 saturated heterocycles.